The SMILES string of the molecule is CNC(=O)OCc1ncnn1-c1cccc(F)c1. The van der Waals surface area contributed by atoms with Crippen LogP contribution in [0, 0.1) is 5.82 Å². The predicted octanol–water partition coefficient (Wildman–Crippen LogP) is 1.26. The first-order chi connectivity index (χ1) is 8.70. The van der Waals surface area contributed by atoms with Crippen LogP contribution in [0.3, 0.4) is 0 Å². The molecule has 0 spiro atoms. The topological polar surface area (TPSA) is 69.0 Å². The van der Waals surface area contributed by atoms with Crippen molar-refractivity contribution in [1.29, 1.82) is 0 Å². The van der Waals surface area contributed by atoms with Gasteiger partial charge in [0, 0.05) is 7.05 Å². The molecule has 0 saturated carbocycles. The van der Waals surface area contributed by atoms with Crippen LogP contribution in [0.25, 0.3) is 5.69 Å². The standard InChI is InChI=1S/C11H11FN4O2/c1-13-11(17)18-6-10-14-7-15-16(10)9-4-2-3-8(12)5-9/h2-5,7H,6H2,1H3,(H,13,17). The van der Waals surface area contributed by atoms with Crippen LogP contribution >= 0.6 is 0 Å². The monoisotopic (exact) mass is 250 g/mol. The van der Waals surface area contributed by atoms with Crippen LogP contribution in [0.2, 0.25) is 0 Å². The highest BCUT2D eigenvalue weighted by molar-refractivity contribution is 5.66. The van der Waals surface area contributed by atoms with E-state index in [9.17, 15) is 9.18 Å². The summed E-state index contributed by atoms with van der Waals surface area (Å²) in [6.07, 6.45) is 0.747. The number of nitrogens with zero attached hydrogens (tertiary/aromatic N) is 3. The fourth-order valence-corrected chi connectivity index (χ4v) is 1.39. The first-order valence-corrected chi connectivity index (χ1v) is 5.20. The van der Waals surface area contributed by atoms with Crippen molar-refractivity contribution in [1.82, 2.24) is 20.1 Å². The largest absolute Gasteiger partial charge is 0.441 e. The molecule has 6 nitrogen and oxygen atoms in total. The number of rotatable bonds is 3. The van der Waals surface area contributed by atoms with Crippen LogP contribution in [0.4, 0.5) is 9.18 Å². The van der Waals surface area contributed by atoms with Gasteiger partial charge in [-0.25, -0.2) is 18.9 Å². The van der Waals surface area contributed by atoms with E-state index in [2.05, 4.69) is 15.4 Å². The van der Waals surface area contributed by atoms with Gasteiger partial charge in [0.25, 0.3) is 0 Å². The Morgan fingerprint density at radius 1 is 1.56 bits per heavy atom. The Labute approximate surface area is 102 Å². The molecule has 1 aromatic carbocycles. The lowest BCUT2D eigenvalue weighted by atomic mass is 10.3. The number of ether oxygens (including phenoxy) is 1. The van der Waals surface area contributed by atoms with E-state index in [0.717, 1.165) is 0 Å². The van der Waals surface area contributed by atoms with Gasteiger partial charge >= 0.3 is 6.09 Å². The van der Waals surface area contributed by atoms with Gasteiger partial charge in [-0.3, -0.25) is 0 Å². The summed E-state index contributed by atoms with van der Waals surface area (Å²) in [6.45, 7) is -0.0454. The van der Waals surface area contributed by atoms with Crippen LogP contribution in [-0.2, 0) is 11.3 Å². The molecule has 0 aliphatic rings. The van der Waals surface area contributed by atoms with Crippen LogP contribution < -0.4 is 5.32 Å². The van der Waals surface area contributed by atoms with E-state index in [4.69, 9.17) is 4.74 Å². The maximum atomic E-state index is 13.1. The minimum atomic E-state index is -0.566. The summed E-state index contributed by atoms with van der Waals surface area (Å²) < 4.78 is 19.4. The quantitative estimate of drug-likeness (QED) is 0.890. The molecule has 18 heavy (non-hydrogen) atoms. The number of amides is 1. The van der Waals surface area contributed by atoms with Gasteiger partial charge in [-0.15, -0.1) is 0 Å². The fraction of sp³-hybridized carbons (Fsp3) is 0.182. The maximum Gasteiger partial charge on any atom is 0.407 e. The minimum Gasteiger partial charge on any atom is -0.441 e. The third-order valence-corrected chi connectivity index (χ3v) is 2.21. The normalized spacial score (nSPS) is 10.1. The Bertz CT molecular complexity index is 555. The summed E-state index contributed by atoms with van der Waals surface area (Å²) in [5.41, 5.74) is 0.517. The van der Waals surface area contributed by atoms with E-state index in [1.165, 1.54) is 30.2 Å². The van der Waals surface area contributed by atoms with E-state index in [0.29, 0.717) is 11.5 Å². The molecule has 1 aromatic heterocycles. The molecule has 0 atom stereocenters. The average Bonchev–Trinajstić information content (AvgIpc) is 2.84. The molecule has 0 saturated heterocycles. The van der Waals surface area contributed by atoms with Crippen molar-refractivity contribution in [3.05, 3.63) is 42.2 Å². The van der Waals surface area contributed by atoms with Crippen molar-refractivity contribution in [3.63, 3.8) is 0 Å². The molecule has 0 fully saturated rings. The summed E-state index contributed by atoms with van der Waals surface area (Å²) >= 11 is 0. The van der Waals surface area contributed by atoms with E-state index < -0.39 is 6.09 Å². The van der Waals surface area contributed by atoms with Crippen molar-refractivity contribution in [2.45, 2.75) is 6.61 Å². The molecule has 1 heterocycles. The highest BCUT2D eigenvalue weighted by Gasteiger charge is 2.09. The van der Waals surface area contributed by atoms with Crippen molar-refractivity contribution >= 4 is 6.09 Å². The summed E-state index contributed by atoms with van der Waals surface area (Å²) in [5.74, 6) is 0.0327. The van der Waals surface area contributed by atoms with Gasteiger partial charge in [-0.2, -0.15) is 5.10 Å². The number of nitrogens with one attached hydrogen (secondary N) is 1. The average molecular weight is 250 g/mol. The number of benzene rings is 1. The van der Waals surface area contributed by atoms with Gasteiger partial charge in [-0.05, 0) is 18.2 Å². The number of hydrogen-bond acceptors (Lipinski definition) is 4. The number of carbonyl (C=O) groups excluding carboxylic acids is 1. The Morgan fingerprint density at radius 3 is 3.11 bits per heavy atom. The van der Waals surface area contributed by atoms with Crippen LogP contribution in [0.1, 0.15) is 5.82 Å². The lowest BCUT2D eigenvalue weighted by Gasteiger charge is -2.06. The third kappa shape index (κ3) is 2.62. The van der Waals surface area contributed by atoms with Crippen molar-refractivity contribution in [2.24, 2.45) is 0 Å². The predicted molar refractivity (Wildman–Crippen MR) is 60.6 cm³/mol. The van der Waals surface area contributed by atoms with Crippen molar-refractivity contribution in [2.75, 3.05) is 7.05 Å². The molecule has 2 rings (SSSR count). The first-order valence-electron chi connectivity index (χ1n) is 5.20. The van der Waals surface area contributed by atoms with E-state index in [-0.39, 0.29) is 12.4 Å². The Balaban J connectivity index is 2.20. The molecule has 7 heteroatoms. The molecule has 94 valence electrons. The van der Waals surface area contributed by atoms with Crippen molar-refractivity contribution < 1.29 is 13.9 Å². The molecule has 1 N–H and O–H groups in total. The van der Waals surface area contributed by atoms with Gasteiger partial charge in [-0.1, -0.05) is 6.07 Å². The summed E-state index contributed by atoms with van der Waals surface area (Å²) in [5, 5.41) is 6.28. The third-order valence-electron chi connectivity index (χ3n) is 2.21. The second kappa shape index (κ2) is 5.26. The maximum absolute atomic E-state index is 13.1. The van der Waals surface area contributed by atoms with E-state index in [1.807, 2.05) is 0 Å². The fourth-order valence-electron chi connectivity index (χ4n) is 1.39. The highest BCUT2D eigenvalue weighted by atomic mass is 19.1. The van der Waals surface area contributed by atoms with Crippen LogP contribution in [-0.4, -0.2) is 27.9 Å². The van der Waals surface area contributed by atoms with Gasteiger partial charge in [0.2, 0.25) is 0 Å². The summed E-state index contributed by atoms with van der Waals surface area (Å²) in [4.78, 5) is 14.9. The molecule has 0 bridgehead atoms. The Morgan fingerprint density at radius 2 is 2.39 bits per heavy atom. The molecule has 0 unspecified atom stereocenters. The number of alkyl carbamates (subject to hydrolysis) is 1. The molecule has 0 aliphatic carbocycles. The smallest absolute Gasteiger partial charge is 0.407 e. The Kier molecular flexibility index (Phi) is 3.52. The van der Waals surface area contributed by atoms with E-state index in [1.54, 1.807) is 12.1 Å². The zero-order valence-corrected chi connectivity index (χ0v) is 9.63. The Hall–Kier alpha value is -2.44. The van der Waals surface area contributed by atoms with Gasteiger partial charge in [0.15, 0.2) is 12.4 Å². The molecule has 1 amide bonds. The minimum absolute atomic E-state index is 0.0454. The van der Waals surface area contributed by atoms with Gasteiger partial charge in [0.1, 0.15) is 12.1 Å². The van der Waals surface area contributed by atoms with Crippen LogP contribution in [0.15, 0.2) is 30.6 Å². The lowest BCUT2D eigenvalue weighted by Crippen LogP contribution is -2.20. The number of halogens is 1. The molecule has 0 radical (unpaired) electrons. The van der Waals surface area contributed by atoms with E-state index >= 15 is 0 Å². The molecular weight excluding hydrogens is 239 g/mol. The number of aromatic nitrogens is 3. The summed E-state index contributed by atoms with van der Waals surface area (Å²) in [6, 6.07) is 5.90. The number of carbonyl (C=O) groups is 1. The van der Waals surface area contributed by atoms with Crippen molar-refractivity contribution in [3.8, 4) is 5.69 Å². The number of hydrogen-bond donors (Lipinski definition) is 1. The zero-order chi connectivity index (χ0) is 13.0. The molecular formula is C11H11FN4O2. The second-order valence-electron chi connectivity index (χ2n) is 3.39. The first kappa shape index (κ1) is 12.0. The molecule has 0 aliphatic heterocycles. The van der Waals surface area contributed by atoms with Crippen LogP contribution in [0.5, 0.6) is 0 Å². The highest BCUT2D eigenvalue weighted by Crippen LogP contribution is 2.10. The second-order valence-corrected chi connectivity index (χ2v) is 3.39. The lowest BCUT2D eigenvalue weighted by molar-refractivity contribution is 0.138. The zero-order valence-electron chi connectivity index (χ0n) is 9.63. The summed E-state index contributed by atoms with van der Waals surface area (Å²) in [7, 11) is 1.46. The molecule has 2 aromatic rings. The van der Waals surface area contributed by atoms with Gasteiger partial charge < -0.3 is 10.1 Å². The van der Waals surface area contributed by atoms with Gasteiger partial charge in [0.05, 0.1) is 5.69 Å².